The SMILES string of the molecule is NCc1c(CO)ncc(Cl)c1C(F)F. The van der Waals surface area contributed by atoms with Crippen LogP contribution < -0.4 is 5.73 Å². The van der Waals surface area contributed by atoms with Gasteiger partial charge >= 0.3 is 0 Å². The molecule has 3 nitrogen and oxygen atoms in total. The highest BCUT2D eigenvalue weighted by Gasteiger charge is 2.19. The molecule has 1 aromatic rings. The number of hydrogen-bond donors (Lipinski definition) is 2. The van der Waals surface area contributed by atoms with E-state index in [1.165, 1.54) is 0 Å². The average molecular weight is 223 g/mol. The number of nitrogens with zero attached hydrogens (tertiary/aromatic N) is 1. The van der Waals surface area contributed by atoms with Gasteiger partial charge in [0.05, 0.1) is 17.3 Å². The Labute approximate surface area is 84.5 Å². The van der Waals surface area contributed by atoms with E-state index >= 15 is 0 Å². The fraction of sp³-hybridized carbons (Fsp3) is 0.375. The smallest absolute Gasteiger partial charge is 0.265 e. The second-order valence-electron chi connectivity index (χ2n) is 2.61. The zero-order valence-corrected chi connectivity index (χ0v) is 7.93. The third kappa shape index (κ3) is 2.00. The average Bonchev–Trinajstić information content (AvgIpc) is 2.16. The molecule has 0 atom stereocenters. The first-order chi connectivity index (χ1) is 6.61. The molecule has 0 aliphatic rings. The lowest BCUT2D eigenvalue weighted by molar-refractivity contribution is 0.149. The highest BCUT2D eigenvalue weighted by Crippen LogP contribution is 2.30. The van der Waals surface area contributed by atoms with Gasteiger partial charge in [-0.25, -0.2) is 8.78 Å². The number of aliphatic hydroxyl groups is 1. The summed E-state index contributed by atoms with van der Waals surface area (Å²) >= 11 is 5.55. The summed E-state index contributed by atoms with van der Waals surface area (Å²) in [6, 6.07) is 0. The van der Waals surface area contributed by atoms with Crippen LogP contribution in [0.3, 0.4) is 0 Å². The standard InChI is InChI=1S/C8H9ClF2N2O/c9-5-2-13-6(3-14)4(1-12)7(5)8(10)11/h2,8,14H,1,3,12H2. The molecule has 78 valence electrons. The van der Waals surface area contributed by atoms with Crippen molar-refractivity contribution < 1.29 is 13.9 Å². The minimum Gasteiger partial charge on any atom is -0.390 e. The molecule has 14 heavy (non-hydrogen) atoms. The van der Waals surface area contributed by atoms with Crippen molar-refractivity contribution >= 4 is 11.6 Å². The van der Waals surface area contributed by atoms with Crippen molar-refractivity contribution in [3.8, 4) is 0 Å². The van der Waals surface area contributed by atoms with E-state index in [0.717, 1.165) is 6.20 Å². The fourth-order valence-corrected chi connectivity index (χ4v) is 1.43. The lowest BCUT2D eigenvalue weighted by Crippen LogP contribution is -2.09. The van der Waals surface area contributed by atoms with Gasteiger partial charge in [0.15, 0.2) is 0 Å². The Morgan fingerprint density at radius 2 is 2.21 bits per heavy atom. The summed E-state index contributed by atoms with van der Waals surface area (Å²) in [5.41, 5.74) is 5.22. The van der Waals surface area contributed by atoms with E-state index < -0.39 is 13.0 Å². The summed E-state index contributed by atoms with van der Waals surface area (Å²) in [6.07, 6.45) is -1.62. The molecule has 0 spiro atoms. The van der Waals surface area contributed by atoms with E-state index in [1.807, 2.05) is 0 Å². The van der Waals surface area contributed by atoms with Gasteiger partial charge in [0.25, 0.3) is 6.43 Å². The Hall–Kier alpha value is -0.780. The largest absolute Gasteiger partial charge is 0.390 e. The number of alkyl halides is 2. The molecule has 1 heterocycles. The predicted molar refractivity (Wildman–Crippen MR) is 48.0 cm³/mol. The van der Waals surface area contributed by atoms with Crippen LogP contribution in [0.25, 0.3) is 0 Å². The lowest BCUT2D eigenvalue weighted by atomic mass is 10.1. The molecule has 0 amide bonds. The minimum atomic E-state index is -2.71. The molecule has 6 heteroatoms. The van der Waals surface area contributed by atoms with Gasteiger partial charge in [0.1, 0.15) is 0 Å². The van der Waals surface area contributed by atoms with E-state index in [-0.39, 0.29) is 28.4 Å². The molecule has 0 radical (unpaired) electrons. The number of hydrogen-bond acceptors (Lipinski definition) is 3. The van der Waals surface area contributed by atoms with Crippen molar-refractivity contribution in [3.05, 3.63) is 28.0 Å². The predicted octanol–water partition coefficient (Wildman–Crippen LogP) is 1.62. The first-order valence-electron chi connectivity index (χ1n) is 3.87. The molecule has 0 saturated heterocycles. The third-order valence-corrected chi connectivity index (χ3v) is 2.14. The molecule has 0 aliphatic carbocycles. The highest BCUT2D eigenvalue weighted by molar-refractivity contribution is 6.31. The third-order valence-electron chi connectivity index (χ3n) is 1.84. The van der Waals surface area contributed by atoms with Crippen molar-refractivity contribution in [1.29, 1.82) is 0 Å². The second-order valence-corrected chi connectivity index (χ2v) is 3.02. The number of rotatable bonds is 3. The summed E-state index contributed by atoms with van der Waals surface area (Å²) in [7, 11) is 0. The highest BCUT2D eigenvalue weighted by atomic mass is 35.5. The number of aliphatic hydroxyl groups excluding tert-OH is 1. The van der Waals surface area contributed by atoms with Crippen molar-refractivity contribution in [2.24, 2.45) is 5.73 Å². The van der Waals surface area contributed by atoms with Gasteiger partial charge in [-0.3, -0.25) is 4.98 Å². The molecular weight excluding hydrogens is 214 g/mol. The van der Waals surface area contributed by atoms with Crippen LogP contribution in [0.2, 0.25) is 5.02 Å². The van der Waals surface area contributed by atoms with Crippen LogP contribution in [0.4, 0.5) is 8.78 Å². The molecule has 1 aromatic heterocycles. The first kappa shape index (κ1) is 11.3. The van der Waals surface area contributed by atoms with Gasteiger partial charge in [-0.1, -0.05) is 11.6 Å². The Morgan fingerprint density at radius 3 is 2.64 bits per heavy atom. The van der Waals surface area contributed by atoms with Crippen molar-refractivity contribution in [2.45, 2.75) is 19.6 Å². The van der Waals surface area contributed by atoms with Gasteiger partial charge in [0.2, 0.25) is 0 Å². The maximum absolute atomic E-state index is 12.5. The fourth-order valence-electron chi connectivity index (χ4n) is 1.18. The maximum atomic E-state index is 12.5. The molecule has 0 bridgehead atoms. The van der Waals surface area contributed by atoms with Crippen LogP contribution in [0, 0.1) is 0 Å². The molecule has 3 N–H and O–H groups in total. The van der Waals surface area contributed by atoms with E-state index in [2.05, 4.69) is 4.98 Å². The summed E-state index contributed by atoms with van der Waals surface area (Å²) in [6.45, 7) is -0.549. The Morgan fingerprint density at radius 1 is 1.57 bits per heavy atom. The van der Waals surface area contributed by atoms with Crippen LogP contribution in [0.5, 0.6) is 0 Å². The van der Waals surface area contributed by atoms with Crippen LogP contribution in [0.1, 0.15) is 23.2 Å². The van der Waals surface area contributed by atoms with Crippen LogP contribution >= 0.6 is 11.6 Å². The minimum absolute atomic E-state index is 0.120. The monoisotopic (exact) mass is 222 g/mol. The quantitative estimate of drug-likeness (QED) is 0.817. The van der Waals surface area contributed by atoms with E-state index in [0.29, 0.717) is 0 Å². The second kappa shape index (κ2) is 4.63. The van der Waals surface area contributed by atoms with Crippen molar-refractivity contribution in [2.75, 3.05) is 0 Å². The van der Waals surface area contributed by atoms with E-state index in [1.54, 1.807) is 0 Å². The Balaban J connectivity index is 3.35. The number of halogens is 3. The van der Waals surface area contributed by atoms with Crippen LogP contribution in [0.15, 0.2) is 6.20 Å². The molecule has 0 aliphatic heterocycles. The summed E-state index contributed by atoms with van der Waals surface area (Å²) < 4.78 is 25.1. The zero-order valence-electron chi connectivity index (χ0n) is 7.17. The van der Waals surface area contributed by atoms with E-state index in [9.17, 15) is 8.78 Å². The molecular formula is C8H9ClF2N2O. The summed E-state index contributed by atoms with van der Waals surface area (Å²) in [5, 5.41) is 8.71. The van der Waals surface area contributed by atoms with E-state index in [4.69, 9.17) is 22.4 Å². The van der Waals surface area contributed by atoms with Crippen LogP contribution in [-0.2, 0) is 13.2 Å². The zero-order chi connectivity index (χ0) is 10.7. The molecule has 0 fully saturated rings. The van der Waals surface area contributed by atoms with Crippen molar-refractivity contribution in [1.82, 2.24) is 4.98 Å². The molecule has 1 rings (SSSR count). The van der Waals surface area contributed by atoms with Gasteiger partial charge < -0.3 is 10.8 Å². The first-order valence-corrected chi connectivity index (χ1v) is 4.24. The van der Waals surface area contributed by atoms with Crippen molar-refractivity contribution in [3.63, 3.8) is 0 Å². The summed E-state index contributed by atoms with van der Waals surface area (Å²) in [4.78, 5) is 3.72. The maximum Gasteiger partial charge on any atom is 0.265 e. The van der Waals surface area contributed by atoms with Gasteiger partial charge in [-0.05, 0) is 5.56 Å². The van der Waals surface area contributed by atoms with Gasteiger partial charge in [-0.2, -0.15) is 0 Å². The lowest BCUT2D eigenvalue weighted by Gasteiger charge is -2.11. The molecule has 0 aromatic carbocycles. The Bertz CT molecular complexity index is 333. The number of aromatic nitrogens is 1. The Kier molecular flexibility index (Phi) is 3.74. The molecule has 0 saturated carbocycles. The normalized spacial score (nSPS) is 11.0. The van der Waals surface area contributed by atoms with Gasteiger partial charge in [0, 0.05) is 18.3 Å². The van der Waals surface area contributed by atoms with Gasteiger partial charge in [-0.15, -0.1) is 0 Å². The summed E-state index contributed by atoms with van der Waals surface area (Å²) in [5.74, 6) is 0. The number of nitrogens with two attached hydrogens (primary N) is 1. The number of pyridine rings is 1. The molecule has 0 unspecified atom stereocenters. The van der Waals surface area contributed by atoms with Crippen LogP contribution in [-0.4, -0.2) is 10.1 Å². The topological polar surface area (TPSA) is 59.1 Å².